The Labute approximate surface area is 127 Å². The molecule has 5 heteroatoms. The van der Waals surface area contributed by atoms with Crippen molar-refractivity contribution < 1.29 is 4.74 Å². The average Bonchev–Trinajstić information content (AvgIpc) is 2.14. The molecule has 0 aliphatic rings. The molecule has 1 atom stereocenters. The predicted molar refractivity (Wildman–Crippen MR) is 82.8 cm³/mol. The fourth-order valence-electron chi connectivity index (χ4n) is 1.39. The number of ether oxygens (including phenoxy) is 1. The first-order chi connectivity index (χ1) is 7.90. The van der Waals surface area contributed by atoms with E-state index in [1.54, 1.807) is 0 Å². The van der Waals surface area contributed by atoms with Crippen LogP contribution in [0, 0.1) is 0 Å². The zero-order valence-electron chi connectivity index (χ0n) is 9.47. The number of benzene rings is 1. The van der Waals surface area contributed by atoms with Crippen molar-refractivity contribution in [3.05, 3.63) is 37.7 Å². The third-order valence-corrected chi connectivity index (χ3v) is 3.40. The monoisotopic (exact) mass is 425 g/mol. The van der Waals surface area contributed by atoms with Crippen molar-refractivity contribution in [1.82, 2.24) is 0 Å². The van der Waals surface area contributed by atoms with Gasteiger partial charge in [-0.25, -0.2) is 0 Å². The lowest BCUT2D eigenvalue weighted by Crippen LogP contribution is -2.17. The first-order valence-electron chi connectivity index (χ1n) is 5.09. The molecule has 2 nitrogen and oxygen atoms in total. The maximum atomic E-state index is 5.78. The molecule has 0 bridgehead atoms. The maximum absolute atomic E-state index is 5.78. The Morgan fingerprint density at radius 2 is 1.94 bits per heavy atom. The lowest BCUT2D eigenvalue weighted by Gasteiger charge is -2.13. The molecule has 1 rings (SSSR count). The van der Waals surface area contributed by atoms with E-state index >= 15 is 0 Å². The van der Waals surface area contributed by atoms with Crippen molar-refractivity contribution in [2.45, 2.75) is 19.4 Å². The average molecular weight is 428 g/mol. The maximum Gasteiger partial charge on any atom is 0.148 e. The van der Waals surface area contributed by atoms with Crippen LogP contribution in [0.15, 0.2) is 32.1 Å². The summed E-state index contributed by atoms with van der Waals surface area (Å²) in [6.45, 7) is 6.15. The zero-order chi connectivity index (χ0) is 13.0. The fraction of sp³-hybridized carbons (Fsp3) is 0.333. The minimum atomic E-state index is 0.142. The number of nitrogens with two attached hydrogens (primary N) is 1. The Kier molecular flexibility index (Phi) is 6.20. The van der Waals surface area contributed by atoms with Crippen molar-refractivity contribution in [3.8, 4) is 5.75 Å². The largest absolute Gasteiger partial charge is 0.486 e. The van der Waals surface area contributed by atoms with Gasteiger partial charge in [-0.15, -0.1) is 0 Å². The van der Waals surface area contributed by atoms with E-state index < -0.39 is 0 Å². The molecule has 0 saturated heterocycles. The standard InChI is InChI=1S/C12H14Br3NO/c1-7(13)6-17-12-10(14)4-9(3-8(2)16)5-11(12)15/h4-5,8H,1,3,6,16H2,2H3. The minimum Gasteiger partial charge on any atom is -0.486 e. The van der Waals surface area contributed by atoms with Crippen molar-refractivity contribution >= 4 is 47.8 Å². The van der Waals surface area contributed by atoms with Gasteiger partial charge in [0, 0.05) is 10.5 Å². The second-order valence-electron chi connectivity index (χ2n) is 3.88. The molecule has 94 valence electrons. The number of hydrogen-bond acceptors (Lipinski definition) is 2. The molecule has 0 saturated carbocycles. The number of hydrogen-bond donors (Lipinski definition) is 1. The molecule has 0 aliphatic heterocycles. The number of rotatable bonds is 5. The quantitative estimate of drug-likeness (QED) is 0.756. The van der Waals surface area contributed by atoms with Crippen LogP contribution >= 0.6 is 47.8 Å². The van der Waals surface area contributed by atoms with Crippen LogP contribution in [0.3, 0.4) is 0 Å². The highest BCUT2D eigenvalue weighted by Gasteiger charge is 2.10. The highest BCUT2D eigenvalue weighted by atomic mass is 79.9. The molecule has 0 amide bonds. The Morgan fingerprint density at radius 1 is 1.41 bits per heavy atom. The van der Waals surface area contributed by atoms with Gasteiger partial charge in [0.2, 0.25) is 0 Å². The van der Waals surface area contributed by atoms with E-state index in [4.69, 9.17) is 10.5 Å². The summed E-state index contributed by atoms with van der Waals surface area (Å²) in [6, 6.07) is 4.20. The molecule has 0 fully saturated rings. The zero-order valence-corrected chi connectivity index (χ0v) is 14.2. The molecule has 1 unspecified atom stereocenters. The highest BCUT2D eigenvalue weighted by molar-refractivity contribution is 9.11. The Balaban J connectivity index is 2.90. The van der Waals surface area contributed by atoms with Crippen LogP contribution in [0.2, 0.25) is 0 Å². The van der Waals surface area contributed by atoms with E-state index in [0.717, 1.165) is 25.6 Å². The summed E-state index contributed by atoms with van der Waals surface area (Å²) in [5, 5.41) is 0. The first kappa shape index (κ1) is 15.2. The third-order valence-electron chi connectivity index (χ3n) is 1.99. The summed E-state index contributed by atoms with van der Waals surface area (Å²) < 4.78 is 8.25. The number of halogens is 3. The SMILES string of the molecule is C=C(Br)COc1c(Br)cc(CC(C)N)cc1Br. The van der Waals surface area contributed by atoms with Gasteiger partial charge in [-0.05, 0) is 62.9 Å². The summed E-state index contributed by atoms with van der Waals surface area (Å²) >= 11 is 10.3. The second kappa shape index (κ2) is 6.92. The molecular weight excluding hydrogens is 414 g/mol. The normalized spacial score (nSPS) is 12.3. The van der Waals surface area contributed by atoms with Crippen LogP contribution in [0.5, 0.6) is 5.75 Å². The summed E-state index contributed by atoms with van der Waals surface area (Å²) in [7, 11) is 0. The van der Waals surface area contributed by atoms with Crippen LogP contribution in [0.4, 0.5) is 0 Å². The van der Waals surface area contributed by atoms with Gasteiger partial charge in [-0.3, -0.25) is 0 Å². The minimum absolute atomic E-state index is 0.142. The summed E-state index contributed by atoms with van der Waals surface area (Å²) in [5.74, 6) is 0.777. The van der Waals surface area contributed by atoms with E-state index in [-0.39, 0.29) is 6.04 Å². The molecule has 1 aromatic rings. The lowest BCUT2D eigenvalue weighted by atomic mass is 10.1. The Morgan fingerprint density at radius 3 is 2.35 bits per heavy atom. The van der Waals surface area contributed by atoms with Gasteiger partial charge in [0.15, 0.2) is 0 Å². The van der Waals surface area contributed by atoms with Crippen LogP contribution in [0.1, 0.15) is 12.5 Å². The highest BCUT2D eigenvalue weighted by Crippen LogP contribution is 2.35. The van der Waals surface area contributed by atoms with Crippen molar-refractivity contribution in [2.24, 2.45) is 5.73 Å². The predicted octanol–water partition coefficient (Wildman–Crippen LogP) is 4.39. The van der Waals surface area contributed by atoms with E-state index in [9.17, 15) is 0 Å². The molecule has 1 aromatic carbocycles. The Bertz CT molecular complexity index is 395. The topological polar surface area (TPSA) is 35.2 Å². The van der Waals surface area contributed by atoms with Crippen molar-refractivity contribution in [1.29, 1.82) is 0 Å². The van der Waals surface area contributed by atoms with Crippen LogP contribution in [-0.4, -0.2) is 12.6 Å². The Hall–Kier alpha value is 0.160. The van der Waals surface area contributed by atoms with E-state index in [1.807, 2.05) is 19.1 Å². The van der Waals surface area contributed by atoms with Crippen molar-refractivity contribution in [3.63, 3.8) is 0 Å². The van der Waals surface area contributed by atoms with Gasteiger partial charge in [0.05, 0.1) is 8.95 Å². The fourth-order valence-corrected chi connectivity index (χ4v) is 3.02. The van der Waals surface area contributed by atoms with Gasteiger partial charge >= 0.3 is 0 Å². The first-order valence-corrected chi connectivity index (χ1v) is 7.47. The van der Waals surface area contributed by atoms with Crippen LogP contribution in [-0.2, 0) is 6.42 Å². The molecule has 0 aromatic heterocycles. The van der Waals surface area contributed by atoms with Gasteiger partial charge in [0.1, 0.15) is 12.4 Å². The lowest BCUT2D eigenvalue weighted by molar-refractivity contribution is 0.356. The summed E-state index contributed by atoms with van der Waals surface area (Å²) in [4.78, 5) is 0. The van der Waals surface area contributed by atoms with E-state index in [0.29, 0.717) is 6.61 Å². The molecule has 17 heavy (non-hydrogen) atoms. The van der Waals surface area contributed by atoms with Gasteiger partial charge in [0.25, 0.3) is 0 Å². The molecule has 0 aliphatic carbocycles. The van der Waals surface area contributed by atoms with Crippen LogP contribution in [0.25, 0.3) is 0 Å². The van der Waals surface area contributed by atoms with Gasteiger partial charge in [-0.1, -0.05) is 22.5 Å². The molecule has 0 heterocycles. The van der Waals surface area contributed by atoms with Crippen molar-refractivity contribution in [2.75, 3.05) is 6.61 Å². The summed E-state index contributed by atoms with van der Waals surface area (Å²) in [6.07, 6.45) is 0.836. The molecular formula is C12H14Br3NO. The smallest absolute Gasteiger partial charge is 0.148 e. The van der Waals surface area contributed by atoms with Gasteiger partial charge in [-0.2, -0.15) is 0 Å². The molecule has 0 spiro atoms. The molecule has 0 radical (unpaired) electrons. The van der Waals surface area contributed by atoms with E-state index in [2.05, 4.69) is 54.4 Å². The third kappa shape index (κ3) is 5.12. The van der Waals surface area contributed by atoms with Crippen LogP contribution < -0.4 is 10.5 Å². The van der Waals surface area contributed by atoms with Gasteiger partial charge < -0.3 is 10.5 Å². The van der Waals surface area contributed by atoms with E-state index in [1.165, 1.54) is 5.56 Å². The second-order valence-corrected chi connectivity index (χ2v) is 6.71. The summed E-state index contributed by atoms with van der Waals surface area (Å²) in [5.41, 5.74) is 6.95. The molecule has 2 N–H and O–H groups in total.